The molecule has 0 bridgehead atoms. The molecular weight excluding hydrogens is 239 g/mol. The molecule has 1 aromatic carbocycles. The first-order valence-electron chi connectivity index (χ1n) is 6.45. The molecule has 0 spiro atoms. The van der Waals surface area contributed by atoms with Crippen LogP contribution in [0.5, 0.6) is 0 Å². The van der Waals surface area contributed by atoms with Crippen molar-refractivity contribution in [3.05, 3.63) is 35.1 Å². The van der Waals surface area contributed by atoms with E-state index in [-0.39, 0.29) is 11.6 Å². The average molecular weight is 257 g/mol. The smallest absolute Gasteiger partial charge is 0.161 e. The standard InChI is InChI=1S/C14H18F3N/c1-18-14(9-5-3-2-4-6-9)10-7-12(16)13(17)8-11(10)15/h7-9,14,18H,2-6H2,1H3. The molecule has 1 aromatic rings. The van der Waals surface area contributed by atoms with Crippen molar-refractivity contribution in [1.82, 2.24) is 5.32 Å². The van der Waals surface area contributed by atoms with Gasteiger partial charge in [0.15, 0.2) is 11.6 Å². The second-order valence-corrected chi connectivity index (χ2v) is 4.95. The second-order valence-electron chi connectivity index (χ2n) is 4.95. The van der Waals surface area contributed by atoms with Crippen molar-refractivity contribution in [3.63, 3.8) is 0 Å². The van der Waals surface area contributed by atoms with Crippen LogP contribution in [0.3, 0.4) is 0 Å². The number of nitrogens with one attached hydrogen (secondary N) is 1. The largest absolute Gasteiger partial charge is 0.313 e. The van der Waals surface area contributed by atoms with Crippen LogP contribution >= 0.6 is 0 Å². The summed E-state index contributed by atoms with van der Waals surface area (Å²) >= 11 is 0. The van der Waals surface area contributed by atoms with E-state index in [1.165, 1.54) is 6.42 Å². The van der Waals surface area contributed by atoms with Gasteiger partial charge >= 0.3 is 0 Å². The quantitative estimate of drug-likeness (QED) is 0.809. The summed E-state index contributed by atoms with van der Waals surface area (Å²) in [5.41, 5.74) is 0.239. The van der Waals surface area contributed by atoms with Gasteiger partial charge in [0.05, 0.1) is 0 Å². The van der Waals surface area contributed by atoms with E-state index in [4.69, 9.17) is 0 Å². The Kier molecular flexibility index (Phi) is 4.27. The summed E-state index contributed by atoms with van der Waals surface area (Å²) in [7, 11) is 1.74. The molecule has 100 valence electrons. The molecule has 0 aromatic heterocycles. The van der Waals surface area contributed by atoms with Crippen molar-refractivity contribution in [3.8, 4) is 0 Å². The first-order chi connectivity index (χ1) is 8.63. The zero-order valence-electron chi connectivity index (χ0n) is 10.5. The molecule has 4 heteroatoms. The minimum Gasteiger partial charge on any atom is -0.313 e. The van der Waals surface area contributed by atoms with Gasteiger partial charge in [0, 0.05) is 17.7 Å². The van der Waals surface area contributed by atoms with Gasteiger partial charge in [-0.25, -0.2) is 13.2 Å². The molecule has 0 amide bonds. The Bertz CT molecular complexity index is 414. The van der Waals surface area contributed by atoms with Crippen LogP contribution < -0.4 is 5.32 Å². The zero-order valence-corrected chi connectivity index (χ0v) is 10.5. The van der Waals surface area contributed by atoms with Gasteiger partial charge in [-0.1, -0.05) is 19.3 Å². The minimum atomic E-state index is -1.13. The molecule has 1 atom stereocenters. The van der Waals surface area contributed by atoms with E-state index >= 15 is 0 Å². The highest BCUT2D eigenvalue weighted by Crippen LogP contribution is 2.35. The van der Waals surface area contributed by atoms with Crippen LogP contribution in [0.25, 0.3) is 0 Å². The average Bonchev–Trinajstić information content (AvgIpc) is 2.38. The van der Waals surface area contributed by atoms with E-state index in [9.17, 15) is 13.2 Å². The lowest BCUT2D eigenvalue weighted by molar-refractivity contribution is 0.275. The van der Waals surface area contributed by atoms with Gasteiger partial charge in [0.25, 0.3) is 0 Å². The van der Waals surface area contributed by atoms with E-state index in [0.717, 1.165) is 31.7 Å². The van der Waals surface area contributed by atoms with Crippen LogP contribution in [0.4, 0.5) is 13.2 Å². The molecule has 0 radical (unpaired) electrons. The van der Waals surface area contributed by atoms with Crippen LogP contribution in [0.15, 0.2) is 12.1 Å². The number of hydrogen-bond donors (Lipinski definition) is 1. The Morgan fingerprint density at radius 2 is 1.61 bits per heavy atom. The lowest BCUT2D eigenvalue weighted by Gasteiger charge is -2.30. The van der Waals surface area contributed by atoms with E-state index in [0.29, 0.717) is 12.0 Å². The van der Waals surface area contributed by atoms with Crippen molar-refractivity contribution >= 4 is 0 Å². The number of benzene rings is 1. The molecule has 1 nitrogen and oxygen atoms in total. The molecule has 18 heavy (non-hydrogen) atoms. The molecule has 1 aliphatic rings. The molecule has 1 saturated carbocycles. The highest BCUT2D eigenvalue weighted by molar-refractivity contribution is 5.24. The van der Waals surface area contributed by atoms with Crippen LogP contribution in [0, 0.1) is 23.4 Å². The highest BCUT2D eigenvalue weighted by Gasteiger charge is 2.27. The third-order valence-corrected chi connectivity index (χ3v) is 3.81. The summed E-state index contributed by atoms with van der Waals surface area (Å²) in [5, 5.41) is 3.05. The summed E-state index contributed by atoms with van der Waals surface area (Å²) in [5.74, 6) is -2.49. The van der Waals surface area contributed by atoms with E-state index in [1.807, 2.05) is 0 Å². The van der Waals surface area contributed by atoms with Crippen molar-refractivity contribution in [2.75, 3.05) is 7.05 Å². The first-order valence-corrected chi connectivity index (χ1v) is 6.45. The molecule has 0 saturated heterocycles. The fraction of sp³-hybridized carbons (Fsp3) is 0.571. The topological polar surface area (TPSA) is 12.0 Å². The molecular formula is C14H18F3N. The van der Waals surface area contributed by atoms with Gasteiger partial charge < -0.3 is 5.32 Å². The number of hydrogen-bond acceptors (Lipinski definition) is 1. The van der Waals surface area contributed by atoms with Crippen molar-refractivity contribution in [1.29, 1.82) is 0 Å². The third kappa shape index (κ3) is 2.69. The van der Waals surface area contributed by atoms with Crippen molar-refractivity contribution in [2.45, 2.75) is 38.1 Å². The Hall–Kier alpha value is -1.03. The number of halogens is 3. The molecule has 1 unspecified atom stereocenters. The maximum absolute atomic E-state index is 13.8. The molecule has 1 aliphatic carbocycles. The predicted molar refractivity (Wildman–Crippen MR) is 64.7 cm³/mol. The van der Waals surface area contributed by atoms with Gasteiger partial charge in [-0.15, -0.1) is 0 Å². The van der Waals surface area contributed by atoms with Crippen molar-refractivity contribution in [2.24, 2.45) is 5.92 Å². The monoisotopic (exact) mass is 257 g/mol. The Morgan fingerprint density at radius 1 is 1.00 bits per heavy atom. The second kappa shape index (κ2) is 5.74. The van der Waals surface area contributed by atoms with E-state index < -0.39 is 17.5 Å². The van der Waals surface area contributed by atoms with E-state index in [2.05, 4.69) is 5.32 Å². The highest BCUT2D eigenvalue weighted by atomic mass is 19.2. The molecule has 0 aliphatic heterocycles. The summed E-state index contributed by atoms with van der Waals surface area (Å²) in [6.45, 7) is 0. The lowest BCUT2D eigenvalue weighted by Crippen LogP contribution is -2.28. The first kappa shape index (κ1) is 13.4. The summed E-state index contributed by atoms with van der Waals surface area (Å²) in [4.78, 5) is 0. The summed E-state index contributed by atoms with van der Waals surface area (Å²) in [6.07, 6.45) is 5.45. The van der Waals surface area contributed by atoms with Gasteiger partial charge in [0.2, 0.25) is 0 Å². The molecule has 0 heterocycles. The maximum atomic E-state index is 13.8. The molecule has 1 fully saturated rings. The SMILES string of the molecule is CNC(c1cc(F)c(F)cc1F)C1CCCCC1. The number of rotatable bonds is 3. The molecule has 2 rings (SSSR count). The van der Waals surface area contributed by atoms with Crippen LogP contribution in [0.2, 0.25) is 0 Å². The van der Waals surface area contributed by atoms with Gasteiger partial charge in [-0.2, -0.15) is 0 Å². The fourth-order valence-electron chi connectivity index (χ4n) is 2.89. The Morgan fingerprint density at radius 3 is 2.22 bits per heavy atom. The van der Waals surface area contributed by atoms with Gasteiger partial charge in [0.1, 0.15) is 5.82 Å². The predicted octanol–water partition coefficient (Wildman–Crippen LogP) is 3.94. The maximum Gasteiger partial charge on any atom is 0.161 e. The lowest BCUT2D eigenvalue weighted by atomic mass is 9.81. The normalized spacial score (nSPS) is 18.9. The van der Waals surface area contributed by atoms with Crippen molar-refractivity contribution < 1.29 is 13.2 Å². The molecule has 1 N–H and O–H groups in total. The Balaban J connectivity index is 2.28. The van der Waals surface area contributed by atoms with Gasteiger partial charge in [-0.05, 0) is 31.9 Å². The van der Waals surface area contributed by atoms with Crippen LogP contribution in [-0.4, -0.2) is 7.05 Å². The van der Waals surface area contributed by atoms with E-state index in [1.54, 1.807) is 7.05 Å². The summed E-state index contributed by atoms with van der Waals surface area (Å²) in [6, 6.07) is 1.39. The minimum absolute atomic E-state index is 0.236. The van der Waals surface area contributed by atoms with Crippen LogP contribution in [0.1, 0.15) is 43.7 Å². The van der Waals surface area contributed by atoms with Gasteiger partial charge in [-0.3, -0.25) is 0 Å². The zero-order chi connectivity index (χ0) is 13.1. The van der Waals surface area contributed by atoms with Crippen LogP contribution in [-0.2, 0) is 0 Å². The fourth-order valence-corrected chi connectivity index (χ4v) is 2.89. The summed E-state index contributed by atoms with van der Waals surface area (Å²) < 4.78 is 40.0. The third-order valence-electron chi connectivity index (χ3n) is 3.81. The Labute approximate surface area is 105 Å².